The molecule has 3 aromatic rings. The molecule has 0 aromatic heterocycles. The molecule has 25 heavy (non-hydrogen) atoms. The highest BCUT2D eigenvalue weighted by Crippen LogP contribution is 2.40. The van der Waals surface area contributed by atoms with Crippen LogP contribution in [0.25, 0.3) is 22.3 Å². The molecule has 0 amide bonds. The molecule has 0 N–H and O–H groups in total. The van der Waals surface area contributed by atoms with Crippen molar-refractivity contribution in [1.82, 2.24) is 0 Å². The van der Waals surface area contributed by atoms with Gasteiger partial charge in [0.2, 0.25) is 0 Å². The Bertz CT molecular complexity index is 889. The van der Waals surface area contributed by atoms with Crippen molar-refractivity contribution in [3.8, 4) is 22.3 Å². The molecule has 0 bridgehead atoms. The minimum atomic E-state index is -4.45. The lowest BCUT2D eigenvalue weighted by atomic mass is 9.94. The van der Waals surface area contributed by atoms with Gasteiger partial charge in [0.25, 0.3) is 0 Å². The standard InChI is InChI=1S/C20H13BrClF3/c21-12-13-6-8-17(19(22)10-13)15-7-9-16(14-4-2-1-3-5-14)18(11-15)20(23,24)25/h1-11H,12H2. The molecule has 0 saturated heterocycles. The van der Waals surface area contributed by atoms with Gasteiger partial charge in [0.1, 0.15) is 0 Å². The molecule has 3 rings (SSSR count). The summed E-state index contributed by atoms with van der Waals surface area (Å²) < 4.78 is 40.8. The molecular weight excluding hydrogens is 413 g/mol. The van der Waals surface area contributed by atoms with Crippen LogP contribution in [-0.2, 0) is 11.5 Å². The first-order valence-corrected chi connectivity index (χ1v) is 9.01. The largest absolute Gasteiger partial charge is 0.417 e. The van der Waals surface area contributed by atoms with Crippen molar-refractivity contribution in [1.29, 1.82) is 0 Å². The van der Waals surface area contributed by atoms with Gasteiger partial charge in [-0.3, -0.25) is 0 Å². The van der Waals surface area contributed by atoms with E-state index in [0.29, 0.717) is 27.0 Å². The van der Waals surface area contributed by atoms with Gasteiger partial charge in [-0.25, -0.2) is 0 Å². The summed E-state index contributed by atoms with van der Waals surface area (Å²) in [6.45, 7) is 0. The van der Waals surface area contributed by atoms with E-state index in [1.807, 2.05) is 6.07 Å². The van der Waals surface area contributed by atoms with Gasteiger partial charge in [-0.05, 0) is 34.4 Å². The Hall–Kier alpha value is -1.78. The maximum atomic E-state index is 13.6. The second-order valence-corrected chi connectivity index (χ2v) is 6.54. The number of hydrogen-bond donors (Lipinski definition) is 0. The van der Waals surface area contributed by atoms with Gasteiger partial charge in [-0.1, -0.05) is 82.1 Å². The third kappa shape index (κ3) is 3.91. The Morgan fingerprint density at radius 2 is 1.48 bits per heavy atom. The fourth-order valence-electron chi connectivity index (χ4n) is 2.69. The highest BCUT2D eigenvalue weighted by Gasteiger charge is 2.34. The van der Waals surface area contributed by atoms with Gasteiger partial charge in [-0.2, -0.15) is 13.2 Å². The van der Waals surface area contributed by atoms with E-state index in [1.54, 1.807) is 48.5 Å². The van der Waals surface area contributed by atoms with E-state index in [2.05, 4.69) is 15.9 Å². The zero-order valence-electron chi connectivity index (χ0n) is 12.9. The van der Waals surface area contributed by atoms with Gasteiger partial charge in [0.15, 0.2) is 0 Å². The summed E-state index contributed by atoms with van der Waals surface area (Å²) in [4.78, 5) is 0. The van der Waals surface area contributed by atoms with Crippen LogP contribution >= 0.6 is 27.5 Å². The molecule has 0 spiro atoms. The first kappa shape index (κ1) is 18.0. The minimum absolute atomic E-state index is 0.157. The highest BCUT2D eigenvalue weighted by atomic mass is 79.9. The Morgan fingerprint density at radius 1 is 0.800 bits per heavy atom. The van der Waals surface area contributed by atoms with Crippen molar-refractivity contribution >= 4 is 27.5 Å². The van der Waals surface area contributed by atoms with E-state index in [1.165, 1.54) is 6.07 Å². The van der Waals surface area contributed by atoms with Crippen LogP contribution in [0.2, 0.25) is 5.02 Å². The first-order chi connectivity index (χ1) is 11.9. The van der Waals surface area contributed by atoms with Crippen LogP contribution in [0.15, 0.2) is 66.7 Å². The normalized spacial score (nSPS) is 11.6. The SMILES string of the molecule is FC(F)(F)c1cc(-c2ccc(CBr)cc2Cl)ccc1-c1ccccc1. The predicted octanol–water partition coefficient (Wildman–Crippen LogP) is 7.59. The third-order valence-corrected chi connectivity index (χ3v) is 4.87. The number of halogens is 5. The summed E-state index contributed by atoms with van der Waals surface area (Å²) in [7, 11) is 0. The van der Waals surface area contributed by atoms with Gasteiger partial charge in [-0.15, -0.1) is 0 Å². The topological polar surface area (TPSA) is 0 Å². The average Bonchev–Trinajstić information content (AvgIpc) is 2.61. The smallest absolute Gasteiger partial charge is 0.166 e. The van der Waals surface area contributed by atoms with Crippen molar-refractivity contribution in [2.45, 2.75) is 11.5 Å². The van der Waals surface area contributed by atoms with Crippen molar-refractivity contribution in [2.75, 3.05) is 0 Å². The molecule has 0 aliphatic heterocycles. The number of alkyl halides is 4. The fraction of sp³-hybridized carbons (Fsp3) is 0.100. The fourth-order valence-corrected chi connectivity index (χ4v) is 3.35. The molecule has 0 fully saturated rings. The van der Waals surface area contributed by atoms with Crippen LogP contribution < -0.4 is 0 Å². The molecule has 3 aromatic carbocycles. The van der Waals surface area contributed by atoms with E-state index >= 15 is 0 Å². The van der Waals surface area contributed by atoms with E-state index in [4.69, 9.17) is 11.6 Å². The number of hydrogen-bond acceptors (Lipinski definition) is 0. The van der Waals surface area contributed by atoms with Crippen LogP contribution in [0, 0.1) is 0 Å². The van der Waals surface area contributed by atoms with Crippen LogP contribution in [0.5, 0.6) is 0 Å². The second kappa shape index (κ2) is 7.22. The molecule has 0 radical (unpaired) electrons. The Morgan fingerprint density at radius 3 is 2.08 bits per heavy atom. The lowest BCUT2D eigenvalue weighted by Gasteiger charge is -2.16. The monoisotopic (exact) mass is 424 g/mol. The summed E-state index contributed by atoms with van der Waals surface area (Å²) in [5.74, 6) is 0. The van der Waals surface area contributed by atoms with Gasteiger partial charge in [0.05, 0.1) is 5.56 Å². The Kier molecular flexibility index (Phi) is 5.21. The summed E-state index contributed by atoms with van der Waals surface area (Å²) >= 11 is 9.60. The zero-order valence-corrected chi connectivity index (χ0v) is 15.3. The molecule has 5 heteroatoms. The predicted molar refractivity (Wildman–Crippen MR) is 100.0 cm³/mol. The molecule has 0 unspecified atom stereocenters. The van der Waals surface area contributed by atoms with Gasteiger partial charge < -0.3 is 0 Å². The molecule has 0 aliphatic carbocycles. The molecule has 0 atom stereocenters. The molecular formula is C20H13BrClF3. The maximum absolute atomic E-state index is 13.6. The van der Waals surface area contributed by atoms with Crippen molar-refractivity contribution in [3.05, 3.63) is 82.9 Å². The number of rotatable bonds is 3. The number of benzene rings is 3. The van der Waals surface area contributed by atoms with Crippen molar-refractivity contribution < 1.29 is 13.2 Å². The summed E-state index contributed by atoms with van der Waals surface area (Å²) in [5, 5.41) is 1.06. The van der Waals surface area contributed by atoms with E-state index in [9.17, 15) is 13.2 Å². The molecule has 0 aliphatic rings. The van der Waals surface area contributed by atoms with E-state index in [0.717, 1.165) is 11.6 Å². The lowest BCUT2D eigenvalue weighted by molar-refractivity contribution is -0.137. The van der Waals surface area contributed by atoms with E-state index < -0.39 is 11.7 Å². The maximum Gasteiger partial charge on any atom is 0.417 e. The summed E-state index contributed by atoms with van der Waals surface area (Å²) in [6, 6.07) is 18.2. The molecule has 0 saturated carbocycles. The van der Waals surface area contributed by atoms with Crippen LogP contribution in [0.1, 0.15) is 11.1 Å². The van der Waals surface area contributed by atoms with Crippen LogP contribution in [0.4, 0.5) is 13.2 Å². The van der Waals surface area contributed by atoms with Gasteiger partial charge in [0, 0.05) is 15.9 Å². The minimum Gasteiger partial charge on any atom is -0.166 e. The quantitative estimate of drug-likeness (QED) is 0.379. The third-order valence-electron chi connectivity index (χ3n) is 3.91. The first-order valence-electron chi connectivity index (χ1n) is 7.51. The van der Waals surface area contributed by atoms with Crippen LogP contribution in [0.3, 0.4) is 0 Å². The second-order valence-electron chi connectivity index (χ2n) is 5.57. The molecule has 0 heterocycles. The Labute approximate surface area is 157 Å². The van der Waals surface area contributed by atoms with Crippen molar-refractivity contribution in [2.24, 2.45) is 0 Å². The van der Waals surface area contributed by atoms with Crippen LogP contribution in [-0.4, -0.2) is 0 Å². The molecule has 0 nitrogen and oxygen atoms in total. The lowest BCUT2D eigenvalue weighted by Crippen LogP contribution is -2.07. The summed E-state index contributed by atoms with van der Waals surface area (Å²) in [6.07, 6.45) is -4.45. The van der Waals surface area contributed by atoms with Crippen molar-refractivity contribution in [3.63, 3.8) is 0 Å². The molecule has 128 valence electrons. The highest BCUT2D eigenvalue weighted by molar-refractivity contribution is 9.08. The Balaban J connectivity index is 2.15. The van der Waals surface area contributed by atoms with Gasteiger partial charge >= 0.3 is 6.18 Å². The van der Waals surface area contributed by atoms with E-state index in [-0.39, 0.29) is 5.56 Å². The zero-order chi connectivity index (χ0) is 18.0. The summed E-state index contributed by atoms with van der Waals surface area (Å²) in [5.41, 5.74) is 2.00. The average molecular weight is 426 g/mol.